The molecule has 0 radical (unpaired) electrons. The summed E-state index contributed by atoms with van der Waals surface area (Å²) in [5, 5.41) is 3.52. The summed E-state index contributed by atoms with van der Waals surface area (Å²) in [6.45, 7) is 11.9. The molecule has 0 saturated carbocycles. The smallest absolute Gasteiger partial charge is 0.0619 e. The van der Waals surface area contributed by atoms with Gasteiger partial charge in [-0.15, -0.1) is 0 Å². The minimum atomic E-state index is 0.576. The first-order chi connectivity index (χ1) is 7.29. The SMILES string of the molecule is CCCNCC(CC)N1CCOCC1C. The number of nitrogens with zero attached hydrogens (tertiary/aromatic N) is 1. The van der Waals surface area contributed by atoms with Crippen LogP contribution in [0.2, 0.25) is 0 Å². The Labute approximate surface area is 94.2 Å². The van der Waals surface area contributed by atoms with Gasteiger partial charge in [-0.3, -0.25) is 4.90 Å². The molecule has 0 aliphatic carbocycles. The molecule has 3 heteroatoms. The van der Waals surface area contributed by atoms with Crippen molar-refractivity contribution in [3.05, 3.63) is 0 Å². The van der Waals surface area contributed by atoms with Crippen LogP contribution in [-0.4, -0.2) is 49.8 Å². The number of hydrogen-bond donors (Lipinski definition) is 1. The molecule has 1 aliphatic rings. The van der Waals surface area contributed by atoms with Gasteiger partial charge in [0, 0.05) is 25.2 Å². The number of ether oxygens (including phenoxy) is 1. The van der Waals surface area contributed by atoms with E-state index in [4.69, 9.17) is 4.74 Å². The minimum absolute atomic E-state index is 0.576. The first kappa shape index (κ1) is 12.9. The number of nitrogens with one attached hydrogen (secondary N) is 1. The van der Waals surface area contributed by atoms with E-state index in [2.05, 4.69) is 31.0 Å². The molecular weight excluding hydrogens is 188 g/mol. The molecule has 1 saturated heterocycles. The third-order valence-corrected chi connectivity index (χ3v) is 3.17. The highest BCUT2D eigenvalue weighted by atomic mass is 16.5. The van der Waals surface area contributed by atoms with Gasteiger partial charge in [0.1, 0.15) is 0 Å². The van der Waals surface area contributed by atoms with Gasteiger partial charge in [-0.1, -0.05) is 13.8 Å². The van der Waals surface area contributed by atoms with Crippen molar-refractivity contribution >= 4 is 0 Å². The Morgan fingerprint density at radius 1 is 1.47 bits per heavy atom. The predicted octanol–water partition coefficient (Wildman–Crippen LogP) is 1.49. The molecule has 1 heterocycles. The molecule has 3 nitrogen and oxygen atoms in total. The van der Waals surface area contributed by atoms with Crippen LogP contribution < -0.4 is 5.32 Å². The summed E-state index contributed by atoms with van der Waals surface area (Å²) in [6, 6.07) is 1.25. The molecule has 0 aromatic carbocycles. The zero-order valence-electron chi connectivity index (χ0n) is 10.5. The molecule has 1 rings (SSSR count). The van der Waals surface area contributed by atoms with Gasteiger partial charge in [-0.05, 0) is 26.3 Å². The third-order valence-electron chi connectivity index (χ3n) is 3.17. The molecule has 1 aliphatic heterocycles. The van der Waals surface area contributed by atoms with E-state index in [1.807, 2.05) is 0 Å². The fourth-order valence-electron chi connectivity index (χ4n) is 2.22. The highest BCUT2D eigenvalue weighted by Crippen LogP contribution is 2.12. The normalized spacial score (nSPS) is 25.4. The standard InChI is InChI=1S/C12H26N2O/c1-4-6-13-9-12(5-2)14-7-8-15-10-11(14)3/h11-13H,4-10H2,1-3H3. The summed E-state index contributed by atoms with van der Waals surface area (Å²) < 4.78 is 5.47. The van der Waals surface area contributed by atoms with Gasteiger partial charge >= 0.3 is 0 Å². The highest BCUT2D eigenvalue weighted by molar-refractivity contribution is 4.79. The van der Waals surface area contributed by atoms with Gasteiger partial charge in [0.15, 0.2) is 0 Å². The average molecular weight is 214 g/mol. The third kappa shape index (κ3) is 4.09. The number of hydrogen-bond acceptors (Lipinski definition) is 3. The topological polar surface area (TPSA) is 24.5 Å². The Balaban J connectivity index is 2.34. The van der Waals surface area contributed by atoms with E-state index in [1.165, 1.54) is 12.8 Å². The second kappa shape index (κ2) is 7.20. The van der Waals surface area contributed by atoms with Crippen LogP contribution in [0.25, 0.3) is 0 Å². The van der Waals surface area contributed by atoms with E-state index in [0.29, 0.717) is 12.1 Å². The molecule has 0 amide bonds. The van der Waals surface area contributed by atoms with E-state index in [-0.39, 0.29) is 0 Å². The molecule has 0 spiro atoms. The highest BCUT2D eigenvalue weighted by Gasteiger charge is 2.24. The van der Waals surface area contributed by atoms with Crippen molar-refractivity contribution in [2.45, 2.75) is 45.7 Å². The van der Waals surface area contributed by atoms with Gasteiger partial charge < -0.3 is 10.1 Å². The van der Waals surface area contributed by atoms with Gasteiger partial charge in [0.2, 0.25) is 0 Å². The van der Waals surface area contributed by atoms with Crippen LogP contribution >= 0.6 is 0 Å². The Bertz CT molecular complexity index is 164. The van der Waals surface area contributed by atoms with Crippen molar-refractivity contribution in [3.8, 4) is 0 Å². The van der Waals surface area contributed by atoms with E-state index >= 15 is 0 Å². The van der Waals surface area contributed by atoms with Crippen molar-refractivity contribution in [2.75, 3.05) is 32.8 Å². The lowest BCUT2D eigenvalue weighted by molar-refractivity contribution is -0.0224. The van der Waals surface area contributed by atoms with Crippen LogP contribution in [0.5, 0.6) is 0 Å². The van der Waals surface area contributed by atoms with Crippen LogP contribution in [-0.2, 0) is 4.74 Å². The van der Waals surface area contributed by atoms with Crippen molar-refractivity contribution in [2.24, 2.45) is 0 Å². The number of morpholine rings is 1. The molecule has 90 valence electrons. The maximum atomic E-state index is 5.47. The van der Waals surface area contributed by atoms with Gasteiger partial charge in [0.05, 0.1) is 13.2 Å². The van der Waals surface area contributed by atoms with Crippen molar-refractivity contribution in [3.63, 3.8) is 0 Å². The molecular formula is C12H26N2O. The van der Waals surface area contributed by atoms with E-state index < -0.39 is 0 Å². The maximum Gasteiger partial charge on any atom is 0.0619 e. The van der Waals surface area contributed by atoms with Gasteiger partial charge in [0.25, 0.3) is 0 Å². The molecule has 0 aromatic rings. The summed E-state index contributed by atoms with van der Waals surface area (Å²) in [5.74, 6) is 0. The summed E-state index contributed by atoms with van der Waals surface area (Å²) in [7, 11) is 0. The quantitative estimate of drug-likeness (QED) is 0.678. The summed E-state index contributed by atoms with van der Waals surface area (Å²) in [4.78, 5) is 2.59. The fourth-order valence-corrected chi connectivity index (χ4v) is 2.22. The van der Waals surface area contributed by atoms with E-state index in [9.17, 15) is 0 Å². The van der Waals surface area contributed by atoms with Gasteiger partial charge in [-0.25, -0.2) is 0 Å². The molecule has 0 aromatic heterocycles. The molecule has 1 N–H and O–H groups in total. The lowest BCUT2D eigenvalue weighted by atomic mass is 10.1. The lowest BCUT2D eigenvalue weighted by Gasteiger charge is -2.39. The van der Waals surface area contributed by atoms with Crippen LogP contribution in [0.1, 0.15) is 33.6 Å². The van der Waals surface area contributed by atoms with E-state index in [1.54, 1.807) is 0 Å². The molecule has 0 bridgehead atoms. The number of rotatable bonds is 6. The lowest BCUT2D eigenvalue weighted by Crippen LogP contribution is -2.52. The minimum Gasteiger partial charge on any atom is -0.379 e. The maximum absolute atomic E-state index is 5.47. The summed E-state index contributed by atoms with van der Waals surface area (Å²) in [6.07, 6.45) is 2.44. The Morgan fingerprint density at radius 3 is 2.87 bits per heavy atom. The zero-order chi connectivity index (χ0) is 11.1. The summed E-state index contributed by atoms with van der Waals surface area (Å²) >= 11 is 0. The second-order valence-electron chi connectivity index (χ2n) is 4.43. The van der Waals surface area contributed by atoms with Crippen LogP contribution in [0.4, 0.5) is 0 Å². The first-order valence-corrected chi connectivity index (χ1v) is 6.33. The largest absolute Gasteiger partial charge is 0.379 e. The van der Waals surface area contributed by atoms with Crippen LogP contribution in [0.3, 0.4) is 0 Å². The first-order valence-electron chi connectivity index (χ1n) is 6.33. The molecule has 2 unspecified atom stereocenters. The van der Waals surface area contributed by atoms with Crippen molar-refractivity contribution < 1.29 is 4.74 Å². The van der Waals surface area contributed by atoms with Crippen LogP contribution in [0.15, 0.2) is 0 Å². The second-order valence-corrected chi connectivity index (χ2v) is 4.43. The fraction of sp³-hybridized carbons (Fsp3) is 1.00. The Kier molecular flexibility index (Phi) is 6.22. The zero-order valence-corrected chi connectivity index (χ0v) is 10.5. The Morgan fingerprint density at radius 2 is 2.27 bits per heavy atom. The molecule has 15 heavy (non-hydrogen) atoms. The molecule has 1 fully saturated rings. The summed E-state index contributed by atoms with van der Waals surface area (Å²) in [5.41, 5.74) is 0. The monoisotopic (exact) mass is 214 g/mol. The van der Waals surface area contributed by atoms with Crippen LogP contribution in [0, 0.1) is 0 Å². The molecule has 2 atom stereocenters. The Hall–Kier alpha value is -0.120. The predicted molar refractivity (Wildman–Crippen MR) is 64.2 cm³/mol. The average Bonchev–Trinajstić information content (AvgIpc) is 2.26. The van der Waals surface area contributed by atoms with Crippen molar-refractivity contribution in [1.82, 2.24) is 10.2 Å². The van der Waals surface area contributed by atoms with Gasteiger partial charge in [-0.2, -0.15) is 0 Å². The van der Waals surface area contributed by atoms with E-state index in [0.717, 1.165) is 32.8 Å². The van der Waals surface area contributed by atoms with Crippen molar-refractivity contribution in [1.29, 1.82) is 0 Å².